The molecule has 0 unspecified atom stereocenters. The van der Waals surface area contributed by atoms with E-state index >= 15 is 0 Å². The summed E-state index contributed by atoms with van der Waals surface area (Å²) < 4.78 is 6.24. The van der Waals surface area contributed by atoms with E-state index < -0.39 is 0 Å². The highest BCUT2D eigenvalue weighted by atomic mass is 16.3. The minimum absolute atomic E-state index is 0.931. The van der Waals surface area contributed by atoms with Crippen molar-refractivity contribution >= 4 is 43.5 Å². The molecule has 0 saturated carbocycles. The zero-order valence-corrected chi connectivity index (χ0v) is 18.0. The number of hydrogen-bond donors (Lipinski definition) is 0. The van der Waals surface area contributed by atoms with E-state index in [1.807, 2.05) is 12.1 Å². The Balaban J connectivity index is 1.34. The first-order valence-electron chi connectivity index (χ1n) is 11.3. The topological polar surface area (TPSA) is 13.1 Å². The average Bonchev–Trinajstić information content (AvgIpc) is 3.27. The van der Waals surface area contributed by atoms with Crippen LogP contribution < -0.4 is 0 Å². The summed E-state index contributed by atoms with van der Waals surface area (Å²) in [5, 5.41) is 7.46. The first-order valence-corrected chi connectivity index (χ1v) is 11.3. The van der Waals surface area contributed by atoms with Gasteiger partial charge < -0.3 is 4.42 Å². The molecule has 0 N–H and O–H groups in total. The first kappa shape index (κ1) is 18.2. The van der Waals surface area contributed by atoms with Crippen molar-refractivity contribution in [2.24, 2.45) is 0 Å². The largest absolute Gasteiger partial charge is 0.455 e. The number of furan rings is 1. The summed E-state index contributed by atoms with van der Waals surface area (Å²) in [5.74, 6) is 0. The lowest BCUT2D eigenvalue weighted by Gasteiger charge is -2.09. The lowest BCUT2D eigenvalue weighted by molar-refractivity contribution is 0.670. The zero-order chi connectivity index (χ0) is 21.8. The molecule has 7 aromatic rings. The fourth-order valence-corrected chi connectivity index (χ4v) is 5.00. The van der Waals surface area contributed by atoms with Gasteiger partial charge in [-0.3, -0.25) is 0 Å². The van der Waals surface area contributed by atoms with E-state index in [-0.39, 0.29) is 0 Å². The Bertz CT molecular complexity index is 1800. The van der Waals surface area contributed by atoms with Crippen LogP contribution in [0.15, 0.2) is 126 Å². The third kappa shape index (κ3) is 2.86. The molecule has 0 radical (unpaired) electrons. The lowest BCUT2D eigenvalue weighted by atomic mass is 9.95. The highest BCUT2D eigenvalue weighted by molar-refractivity contribution is 6.10. The molecule has 1 heteroatoms. The Kier molecular flexibility index (Phi) is 3.91. The molecule has 6 aromatic carbocycles. The van der Waals surface area contributed by atoms with Gasteiger partial charge in [0.1, 0.15) is 11.2 Å². The van der Waals surface area contributed by atoms with E-state index in [2.05, 4.69) is 109 Å². The summed E-state index contributed by atoms with van der Waals surface area (Å²) >= 11 is 0. The number of rotatable bonds is 2. The molecule has 7 rings (SSSR count). The summed E-state index contributed by atoms with van der Waals surface area (Å²) in [6.45, 7) is 0. The molecule has 1 aromatic heterocycles. The van der Waals surface area contributed by atoms with Gasteiger partial charge in [0, 0.05) is 16.3 Å². The second-order valence-electron chi connectivity index (χ2n) is 8.58. The smallest absolute Gasteiger partial charge is 0.143 e. The van der Waals surface area contributed by atoms with Crippen LogP contribution in [-0.4, -0.2) is 0 Å². The fourth-order valence-electron chi connectivity index (χ4n) is 5.00. The van der Waals surface area contributed by atoms with Gasteiger partial charge in [-0.2, -0.15) is 0 Å². The predicted octanol–water partition coefficient (Wildman–Crippen LogP) is 9.23. The van der Waals surface area contributed by atoms with Crippen LogP contribution in [0, 0.1) is 0 Å². The molecule has 0 saturated heterocycles. The molecule has 33 heavy (non-hydrogen) atoms. The molecule has 0 aliphatic heterocycles. The van der Waals surface area contributed by atoms with Gasteiger partial charge in [0.25, 0.3) is 0 Å². The van der Waals surface area contributed by atoms with Crippen molar-refractivity contribution in [2.45, 2.75) is 0 Å². The normalized spacial score (nSPS) is 11.6. The molecule has 0 atom stereocenters. The molecular formula is C32H20O. The number of benzene rings is 6. The van der Waals surface area contributed by atoms with E-state index in [0.29, 0.717) is 0 Å². The van der Waals surface area contributed by atoms with Crippen LogP contribution in [0.3, 0.4) is 0 Å². The van der Waals surface area contributed by atoms with Gasteiger partial charge in [0.15, 0.2) is 0 Å². The van der Waals surface area contributed by atoms with Gasteiger partial charge in [-0.1, -0.05) is 109 Å². The van der Waals surface area contributed by atoms with Gasteiger partial charge in [0.05, 0.1) is 0 Å². The molecule has 0 bridgehead atoms. The maximum absolute atomic E-state index is 6.24. The van der Waals surface area contributed by atoms with E-state index in [1.165, 1.54) is 32.7 Å². The Labute approximate surface area is 191 Å². The van der Waals surface area contributed by atoms with E-state index in [1.54, 1.807) is 0 Å². The quantitative estimate of drug-likeness (QED) is 0.254. The Morgan fingerprint density at radius 2 is 1.03 bits per heavy atom. The minimum atomic E-state index is 0.931. The lowest BCUT2D eigenvalue weighted by Crippen LogP contribution is -1.83. The molecule has 1 heterocycles. The zero-order valence-electron chi connectivity index (χ0n) is 18.0. The molecule has 0 aliphatic carbocycles. The Hall–Kier alpha value is -4.36. The van der Waals surface area contributed by atoms with Gasteiger partial charge in [-0.25, -0.2) is 0 Å². The summed E-state index contributed by atoms with van der Waals surface area (Å²) in [5.41, 5.74) is 6.61. The van der Waals surface area contributed by atoms with Gasteiger partial charge in [-0.05, 0) is 50.4 Å². The highest BCUT2D eigenvalue weighted by Crippen LogP contribution is 2.37. The molecule has 0 aliphatic rings. The second kappa shape index (κ2) is 7.08. The standard InChI is InChI=1S/C32H20O/c1-2-7-26-22(6-1)16-17-24-18-19-25(20-30(24)26)21-12-14-23(15-13-21)27-9-5-10-29-28-8-3-4-11-31(28)33-32(27)29/h1-20H. The van der Waals surface area contributed by atoms with E-state index in [9.17, 15) is 0 Å². The van der Waals surface area contributed by atoms with Crippen molar-refractivity contribution in [3.05, 3.63) is 121 Å². The van der Waals surface area contributed by atoms with E-state index in [0.717, 1.165) is 33.1 Å². The summed E-state index contributed by atoms with van der Waals surface area (Å²) in [4.78, 5) is 0. The van der Waals surface area contributed by atoms with Crippen molar-refractivity contribution in [1.82, 2.24) is 0 Å². The van der Waals surface area contributed by atoms with Gasteiger partial charge in [-0.15, -0.1) is 0 Å². The number of fused-ring (bicyclic) bond motifs is 6. The molecule has 0 amide bonds. The van der Waals surface area contributed by atoms with Crippen LogP contribution in [0.25, 0.3) is 65.7 Å². The fraction of sp³-hybridized carbons (Fsp3) is 0. The van der Waals surface area contributed by atoms with Crippen molar-refractivity contribution in [3.8, 4) is 22.3 Å². The molecule has 0 spiro atoms. The van der Waals surface area contributed by atoms with Crippen molar-refractivity contribution in [3.63, 3.8) is 0 Å². The highest BCUT2D eigenvalue weighted by Gasteiger charge is 2.12. The first-order chi connectivity index (χ1) is 16.3. The monoisotopic (exact) mass is 420 g/mol. The average molecular weight is 421 g/mol. The maximum atomic E-state index is 6.24. The second-order valence-corrected chi connectivity index (χ2v) is 8.58. The van der Waals surface area contributed by atoms with Crippen LogP contribution in [0.2, 0.25) is 0 Å². The third-order valence-electron chi connectivity index (χ3n) is 6.68. The van der Waals surface area contributed by atoms with Crippen molar-refractivity contribution in [2.75, 3.05) is 0 Å². The van der Waals surface area contributed by atoms with Crippen molar-refractivity contribution < 1.29 is 4.42 Å². The van der Waals surface area contributed by atoms with Crippen LogP contribution in [0.4, 0.5) is 0 Å². The SMILES string of the molecule is c1ccc2c(c1)ccc1ccc(-c3ccc(-c4cccc5c4oc4ccccc45)cc3)cc12. The van der Waals surface area contributed by atoms with Crippen molar-refractivity contribution in [1.29, 1.82) is 0 Å². The van der Waals surface area contributed by atoms with Gasteiger partial charge in [0.2, 0.25) is 0 Å². The van der Waals surface area contributed by atoms with Crippen LogP contribution >= 0.6 is 0 Å². The molecule has 1 nitrogen and oxygen atoms in total. The van der Waals surface area contributed by atoms with Crippen LogP contribution in [0.1, 0.15) is 0 Å². The molecule has 0 fully saturated rings. The van der Waals surface area contributed by atoms with E-state index in [4.69, 9.17) is 4.42 Å². The molecular weight excluding hydrogens is 400 g/mol. The maximum Gasteiger partial charge on any atom is 0.143 e. The number of hydrogen-bond acceptors (Lipinski definition) is 1. The summed E-state index contributed by atoms with van der Waals surface area (Å²) in [6, 6.07) is 43.2. The van der Waals surface area contributed by atoms with Crippen LogP contribution in [-0.2, 0) is 0 Å². The third-order valence-corrected chi connectivity index (χ3v) is 6.68. The summed E-state index contributed by atoms with van der Waals surface area (Å²) in [6.07, 6.45) is 0. The van der Waals surface area contributed by atoms with Gasteiger partial charge >= 0.3 is 0 Å². The minimum Gasteiger partial charge on any atom is -0.455 e. The summed E-state index contributed by atoms with van der Waals surface area (Å²) in [7, 11) is 0. The Morgan fingerprint density at radius 1 is 0.394 bits per heavy atom. The number of para-hydroxylation sites is 2. The molecule has 154 valence electrons. The Morgan fingerprint density at radius 3 is 1.91 bits per heavy atom. The predicted molar refractivity (Wildman–Crippen MR) is 140 cm³/mol. The van der Waals surface area contributed by atoms with Crippen LogP contribution in [0.5, 0.6) is 0 Å².